The second-order valence-corrected chi connectivity index (χ2v) is 8.68. The molecule has 0 aromatic heterocycles. The zero-order valence-electron chi connectivity index (χ0n) is 18.1. The van der Waals surface area contributed by atoms with Crippen LogP contribution in [0.1, 0.15) is 19.4 Å². The number of anilines is 2. The van der Waals surface area contributed by atoms with Crippen molar-refractivity contribution in [2.75, 3.05) is 17.2 Å². The van der Waals surface area contributed by atoms with E-state index in [1.54, 1.807) is 41.4 Å². The summed E-state index contributed by atoms with van der Waals surface area (Å²) in [5, 5.41) is 5.17. The monoisotopic (exact) mass is 511 g/mol. The van der Waals surface area contributed by atoms with Gasteiger partial charge in [0.1, 0.15) is 11.7 Å². The van der Waals surface area contributed by atoms with Gasteiger partial charge in [0.2, 0.25) is 0 Å². The van der Waals surface area contributed by atoms with Crippen molar-refractivity contribution in [1.82, 2.24) is 4.90 Å². The van der Waals surface area contributed by atoms with E-state index in [0.29, 0.717) is 33.7 Å². The number of hydrogen-bond donors (Lipinski definition) is 3. The lowest BCUT2D eigenvalue weighted by molar-refractivity contribution is -0.127. The lowest BCUT2D eigenvalue weighted by Gasteiger charge is -2.40. The predicted molar refractivity (Wildman–Crippen MR) is 131 cm³/mol. The first-order valence-corrected chi connectivity index (χ1v) is 11.3. The Labute approximate surface area is 199 Å². The molecule has 2 aliphatic heterocycles. The SMILES string of the molecule is CCN1C(=O)C(c2cc(NC(=O)Nc3ccccc3)c(F)cc2Br)=CC2=CN=C(N)C(C)C21. The number of aliphatic imine (C=N–C) groups is 1. The number of likely N-dealkylation sites (N-methyl/N-ethyl adjacent to an activating group) is 1. The Kier molecular flexibility index (Phi) is 6.33. The van der Waals surface area contributed by atoms with Crippen molar-refractivity contribution in [3.05, 3.63) is 76.2 Å². The second-order valence-electron chi connectivity index (χ2n) is 7.82. The molecule has 4 N–H and O–H groups in total. The zero-order chi connectivity index (χ0) is 23.7. The van der Waals surface area contributed by atoms with Crippen molar-refractivity contribution < 1.29 is 14.0 Å². The number of rotatable bonds is 4. The Morgan fingerprint density at radius 1 is 1.24 bits per heavy atom. The summed E-state index contributed by atoms with van der Waals surface area (Å²) in [5.41, 5.74) is 8.22. The Hall–Kier alpha value is -3.46. The number of nitrogens with zero attached hydrogens (tertiary/aromatic N) is 2. The van der Waals surface area contributed by atoms with Crippen LogP contribution in [-0.4, -0.2) is 35.3 Å². The molecule has 0 radical (unpaired) electrons. The van der Waals surface area contributed by atoms with Crippen LogP contribution in [0.3, 0.4) is 0 Å². The van der Waals surface area contributed by atoms with Gasteiger partial charge >= 0.3 is 6.03 Å². The summed E-state index contributed by atoms with van der Waals surface area (Å²) < 4.78 is 15.1. The third-order valence-electron chi connectivity index (χ3n) is 5.75. The highest BCUT2D eigenvalue weighted by Crippen LogP contribution is 2.38. The Bertz CT molecular complexity index is 1210. The summed E-state index contributed by atoms with van der Waals surface area (Å²) in [4.78, 5) is 31.8. The maximum absolute atomic E-state index is 14.7. The molecule has 2 unspecified atom stereocenters. The Balaban J connectivity index is 1.69. The molecule has 0 bridgehead atoms. The maximum Gasteiger partial charge on any atom is 0.323 e. The smallest absolute Gasteiger partial charge is 0.323 e. The maximum atomic E-state index is 14.7. The van der Waals surface area contributed by atoms with Crippen LogP contribution in [0.4, 0.5) is 20.6 Å². The number of halogens is 2. The highest BCUT2D eigenvalue weighted by atomic mass is 79.9. The van der Waals surface area contributed by atoms with Gasteiger partial charge in [-0.25, -0.2) is 14.2 Å². The van der Waals surface area contributed by atoms with Crippen molar-refractivity contribution in [2.24, 2.45) is 16.6 Å². The van der Waals surface area contributed by atoms with Crippen molar-refractivity contribution in [1.29, 1.82) is 0 Å². The van der Waals surface area contributed by atoms with Crippen LogP contribution in [0.25, 0.3) is 5.57 Å². The van der Waals surface area contributed by atoms with Crippen molar-refractivity contribution in [3.8, 4) is 0 Å². The molecule has 3 amide bonds. The van der Waals surface area contributed by atoms with Crippen LogP contribution in [0.2, 0.25) is 0 Å². The molecule has 2 aliphatic rings. The molecule has 2 heterocycles. The average molecular weight is 512 g/mol. The van der Waals surface area contributed by atoms with Crippen molar-refractivity contribution >= 4 is 50.7 Å². The van der Waals surface area contributed by atoms with Crippen LogP contribution in [0.5, 0.6) is 0 Å². The second kappa shape index (κ2) is 9.19. The molecule has 4 rings (SSSR count). The van der Waals surface area contributed by atoms with E-state index in [1.165, 1.54) is 12.1 Å². The van der Waals surface area contributed by atoms with E-state index in [-0.39, 0.29) is 23.6 Å². The first-order chi connectivity index (χ1) is 15.8. The van der Waals surface area contributed by atoms with Gasteiger partial charge in [0.25, 0.3) is 5.91 Å². The van der Waals surface area contributed by atoms with Crippen molar-refractivity contribution in [3.63, 3.8) is 0 Å². The number of carbonyl (C=O) groups excluding carboxylic acids is 2. The molecule has 0 spiro atoms. The molecule has 2 aromatic carbocycles. The van der Waals surface area contributed by atoms with Crippen LogP contribution >= 0.6 is 15.9 Å². The number of carbonyl (C=O) groups is 2. The minimum atomic E-state index is -0.634. The van der Waals surface area contributed by atoms with Gasteiger partial charge in [0.15, 0.2) is 0 Å². The number of para-hydroxylation sites is 1. The number of urea groups is 1. The number of hydrogen-bond acceptors (Lipinski definition) is 4. The molecule has 0 aliphatic carbocycles. The fourth-order valence-electron chi connectivity index (χ4n) is 4.07. The van der Waals surface area contributed by atoms with Gasteiger partial charge in [-0.3, -0.25) is 4.79 Å². The fourth-order valence-corrected chi connectivity index (χ4v) is 4.59. The molecule has 170 valence electrons. The van der Waals surface area contributed by atoms with Crippen molar-refractivity contribution in [2.45, 2.75) is 19.9 Å². The molecule has 33 heavy (non-hydrogen) atoms. The van der Waals surface area contributed by atoms with Gasteiger partial charge in [-0.1, -0.05) is 41.1 Å². The molecule has 2 atom stereocenters. The molecule has 7 nitrogen and oxygen atoms in total. The third kappa shape index (κ3) is 4.41. The molecular weight excluding hydrogens is 489 g/mol. The Morgan fingerprint density at radius 3 is 2.67 bits per heavy atom. The van der Waals surface area contributed by atoms with Gasteiger partial charge in [-0.15, -0.1) is 0 Å². The summed E-state index contributed by atoms with van der Waals surface area (Å²) in [5.74, 6) is -0.480. The first-order valence-electron chi connectivity index (χ1n) is 10.5. The number of fused-ring (bicyclic) bond motifs is 1. The van der Waals surface area contributed by atoms with Crippen LogP contribution in [0.15, 0.2) is 69.8 Å². The fraction of sp³-hybridized carbons (Fsp3) is 0.208. The van der Waals surface area contributed by atoms with E-state index in [4.69, 9.17) is 5.73 Å². The third-order valence-corrected chi connectivity index (χ3v) is 6.41. The summed E-state index contributed by atoms with van der Waals surface area (Å²) in [6.45, 7) is 4.30. The molecule has 0 fully saturated rings. The first kappa shape index (κ1) is 22.7. The molecule has 2 aromatic rings. The van der Waals surface area contributed by atoms with Crippen LogP contribution in [-0.2, 0) is 4.79 Å². The number of benzene rings is 2. The van der Waals surface area contributed by atoms with Crippen LogP contribution < -0.4 is 16.4 Å². The van der Waals surface area contributed by atoms with E-state index < -0.39 is 11.8 Å². The standard InChI is InChI=1S/C24H23BrFN5O2/c1-3-31-21-13(2)22(27)28-12-14(21)9-17(23(31)32)16-10-20(19(26)11-18(16)25)30-24(33)29-15-7-5-4-6-8-15/h4-13,21H,3H2,1-2H3,(H2,27,28)(H2,29,30,33). The summed E-state index contributed by atoms with van der Waals surface area (Å²) in [6, 6.07) is 10.7. The van der Waals surface area contributed by atoms with Gasteiger partial charge in [-0.05, 0) is 42.8 Å². The molecule has 0 saturated heterocycles. The number of nitrogens with one attached hydrogen (secondary N) is 2. The number of nitrogens with two attached hydrogens (primary N) is 1. The van der Waals surface area contributed by atoms with Gasteiger partial charge in [0.05, 0.1) is 11.7 Å². The molecule has 0 saturated carbocycles. The van der Waals surface area contributed by atoms with Gasteiger partial charge in [0, 0.05) is 40.0 Å². The van der Waals surface area contributed by atoms with E-state index in [0.717, 1.165) is 5.57 Å². The molecular formula is C24H23BrFN5O2. The number of amidine groups is 1. The Morgan fingerprint density at radius 2 is 1.97 bits per heavy atom. The van der Waals surface area contributed by atoms with E-state index in [2.05, 4.69) is 31.6 Å². The number of amides is 3. The van der Waals surface area contributed by atoms with E-state index >= 15 is 0 Å². The highest BCUT2D eigenvalue weighted by molar-refractivity contribution is 9.10. The largest absolute Gasteiger partial charge is 0.387 e. The molecule has 9 heteroatoms. The normalized spacial score (nSPS) is 19.8. The van der Waals surface area contributed by atoms with E-state index in [9.17, 15) is 14.0 Å². The summed E-state index contributed by atoms with van der Waals surface area (Å²) in [7, 11) is 0. The summed E-state index contributed by atoms with van der Waals surface area (Å²) in [6.07, 6.45) is 3.43. The highest BCUT2D eigenvalue weighted by Gasteiger charge is 2.39. The quantitative estimate of drug-likeness (QED) is 0.552. The summed E-state index contributed by atoms with van der Waals surface area (Å²) >= 11 is 3.37. The van der Waals surface area contributed by atoms with E-state index in [1.807, 2.05) is 19.9 Å². The zero-order valence-corrected chi connectivity index (χ0v) is 19.7. The minimum Gasteiger partial charge on any atom is -0.387 e. The minimum absolute atomic E-state index is 0.0474. The van der Waals surface area contributed by atoms with Crippen LogP contribution in [0, 0.1) is 11.7 Å². The average Bonchev–Trinajstić information content (AvgIpc) is 2.79. The predicted octanol–water partition coefficient (Wildman–Crippen LogP) is 4.74. The van der Waals surface area contributed by atoms with Gasteiger partial charge < -0.3 is 21.3 Å². The lowest BCUT2D eigenvalue weighted by Crippen LogP contribution is -2.51. The lowest BCUT2D eigenvalue weighted by atomic mass is 9.84. The van der Waals surface area contributed by atoms with Gasteiger partial charge in [-0.2, -0.15) is 0 Å². The topological polar surface area (TPSA) is 99.8 Å².